The van der Waals surface area contributed by atoms with Crippen LogP contribution in [0.5, 0.6) is 0 Å². The molecule has 0 amide bonds. The first kappa shape index (κ1) is 46.0. The van der Waals surface area contributed by atoms with Crippen LogP contribution in [0.4, 0.5) is 0 Å². The van der Waals surface area contributed by atoms with Gasteiger partial charge >= 0.3 is 0 Å². The van der Waals surface area contributed by atoms with E-state index in [2.05, 4.69) is 32.8 Å². The number of thioether (sulfide) groups is 2. The molecule has 0 saturated heterocycles. The average molecular weight is 684 g/mol. The zero-order chi connectivity index (χ0) is 33.8. The molecule has 274 valence electrons. The zero-order valence-corrected chi connectivity index (χ0v) is 33.3. The minimum absolute atomic E-state index is 0.424. The van der Waals surface area contributed by atoms with Gasteiger partial charge in [-0.1, -0.05) is 191 Å². The molecule has 0 bridgehead atoms. The zero-order valence-electron chi connectivity index (χ0n) is 31.7. The van der Waals surface area contributed by atoms with E-state index in [-0.39, 0.29) is 0 Å². The SMILES string of the molecule is CCCCCCCCCSC(=O)CCCCCCCC(CCCCCCCC(=O)SCCCCCCCCC)CCCCN(C)C. The summed E-state index contributed by atoms with van der Waals surface area (Å²) in [4.78, 5) is 26.7. The molecule has 0 heterocycles. The maximum atomic E-state index is 12.2. The highest BCUT2D eigenvalue weighted by atomic mass is 32.2. The molecule has 0 radical (unpaired) electrons. The molecule has 0 aliphatic rings. The van der Waals surface area contributed by atoms with Crippen molar-refractivity contribution in [3.63, 3.8) is 0 Å². The molecule has 0 aromatic rings. The maximum absolute atomic E-state index is 12.2. The van der Waals surface area contributed by atoms with Crippen molar-refractivity contribution >= 4 is 33.8 Å². The predicted octanol–water partition coefficient (Wildman–Crippen LogP) is 13.8. The van der Waals surface area contributed by atoms with Crippen molar-refractivity contribution in [2.24, 2.45) is 5.92 Å². The van der Waals surface area contributed by atoms with Crippen molar-refractivity contribution < 1.29 is 9.59 Å². The van der Waals surface area contributed by atoms with Gasteiger partial charge in [0.25, 0.3) is 0 Å². The van der Waals surface area contributed by atoms with Crippen LogP contribution in [0.3, 0.4) is 0 Å². The Kier molecular flexibility index (Phi) is 37.8. The van der Waals surface area contributed by atoms with Crippen molar-refractivity contribution in [2.75, 3.05) is 32.1 Å². The molecule has 0 aromatic carbocycles. The number of nitrogens with zero attached hydrogens (tertiary/aromatic N) is 1. The highest BCUT2D eigenvalue weighted by Gasteiger charge is 2.10. The van der Waals surface area contributed by atoms with Crippen LogP contribution >= 0.6 is 23.5 Å². The summed E-state index contributed by atoms with van der Waals surface area (Å²) in [7, 11) is 4.37. The smallest absolute Gasteiger partial charge is 0.188 e. The van der Waals surface area contributed by atoms with Crippen LogP contribution in [-0.2, 0) is 9.59 Å². The highest BCUT2D eigenvalue weighted by Crippen LogP contribution is 2.25. The van der Waals surface area contributed by atoms with E-state index < -0.39 is 0 Å². The average Bonchev–Trinajstić information content (AvgIpc) is 3.04. The minimum atomic E-state index is 0.424. The summed E-state index contributed by atoms with van der Waals surface area (Å²) >= 11 is 3.18. The van der Waals surface area contributed by atoms with E-state index in [0.29, 0.717) is 10.2 Å². The molecule has 0 rings (SSSR count). The molecule has 0 spiro atoms. The van der Waals surface area contributed by atoms with Crippen LogP contribution in [0.25, 0.3) is 0 Å². The number of unbranched alkanes of at least 4 members (excludes halogenated alkanes) is 21. The van der Waals surface area contributed by atoms with Crippen LogP contribution in [0.1, 0.15) is 213 Å². The van der Waals surface area contributed by atoms with Gasteiger partial charge in [0, 0.05) is 24.3 Å². The van der Waals surface area contributed by atoms with E-state index in [9.17, 15) is 9.59 Å². The standard InChI is InChI=1S/C41H81NO2S2/c1-5-7-9-11-13-21-29-37-45-40(43)34-25-19-15-17-23-31-39(33-27-28-36-42(3)4)32-24-18-16-20-26-35-41(44)46-38-30-22-14-12-10-8-6-2/h39H,5-38H2,1-4H3. The molecule has 46 heavy (non-hydrogen) atoms. The summed E-state index contributed by atoms with van der Waals surface area (Å²) < 4.78 is 0. The molecular weight excluding hydrogens is 603 g/mol. The molecule has 0 atom stereocenters. The monoisotopic (exact) mass is 684 g/mol. The Morgan fingerprint density at radius 2 is 0.761 bits per heavy atom. The van der Waals surface area contributed by atoms with E-state index in [4.69, 9.17) is 0 Å². The summed E-state index contributed by atoms with van der Waals surface area (Å²) in [5.41, 5.74) is 0. The molecule has 5 heteroatoms. The van der Waals surface area contributed by atoms with Crippen molar-refractivity contribution in [2.45, 2.75) is 213 Å². The lowest BCUT2D eigenvalue weighted by atomic mass is 9.90. The van der Waals surface area contributed by atoms with Crippen LogP contribution in [0.15, 0.2) is 0 Å². The topological polar surface area (TPSA) is 37.4 Å². The summed E-state index contributed by atoms with van der Waals surface area (Å²) in [6.45, 7) is 5.74. The van der Waals surface area contributed by atoms with Gasteiger partial charge in [0.1, 0.15) is 0 Å². The molecule has 3 nitrogen and oxygen atoms in total. The van der Waals surface area contributed by atoms with E-state index >= 15 is 0 Å². The Bertz CT molecular complexity index is 596. The van der Waals surface area contributed by atoms with Crippen molar-refractivity contribution in [3.05, 3.63) is 0 Å². The third-order valence-electron chi connectivity index (χ3n) is 9.48. The fourth-order valence-electron chi connectivity index (χ4n) is 6.39. The second kappa shape index (κ2) is 37.8. The normalized spacial score (nSPS) is 11.7. The highest BCUT2D eigenvalue weighted by molar-refractivity contribution is 8.13. The van der Waals surface area contributed by atoms with Gasteiger partial charge in [0.15, 0.2) is 10.2 Å². The van der Waals surface area contributed by atoms with Crippen molar-refractivity contribution in [1.82, 2.24) is 4.90 Å². The predicted molar refractivity (Wildman–Crippen MR) is 211 cm³/mol. The first-order chi connectivity index (χ1) is 22.5. The van der Waals surface area contributed by atoms with E-state index in [1.165, 1.54) is 180 Å². The van der Waals surface area contributed by atoms with Gasteiger partial charge in [-0.25, -0.2) is 0 Å². The van der Waals surface area contributed by atoms with Gasteiger partial charge in [-0.3, -0.25) is 9.59 Å². The van der Waals surface area contributed by atoms with Gasteiger partial charge in [-0.2, -0.15) is 0 Å². The molecule has 0 fully saturated rings. The summed E-state index contributed by atoms with van der Waals surface area (Å²) in [5.74, 6) is 2.94. The molecule has 0 saturated carbocycles. The van der Waals surface area contributed by atoms with E-state index in [1.807, 2.05) is 0 Å². The summed E-state index contributed by atoms with van der Waals surface area (Å²) in [6, 6.07) is 0. The van der Waals surface area contributed by atoms with Crippen LogP contribution in [0.2, 0.25) is 0 Å². The second-order valence-corrected chi connectivity index (χ2v) is 16.8. The van der Waals surface area contributed by atoms with Gasteiger partial charge in [0.05, 0.1) is 0 Å². The number of hydrogen-bond donors (Lipinski definition) is 0. The quantitative estimate of drug-likeness (QED) is 0.0609. The summed E-state index contributed by atoms with van der Waals surface area (Å²) in [6.07, 6.45) is 39.5. The molecule has 0 aromatic heterocycles. The second-order valence-electron chi connectivity index (χ2n) is 14.5. The fraction of sp³-hybridized carbons (Fsp3) is 0.951. The largest absolute Gasteiger partial charge is 0.309 e. The van der Waals surface area contributed by atoms with Crippen molar-refractivity contribution in [1.29, 1.82) is 0 Å². The Labute approximate surface area is 298 Å². The lowest BCUT2D eigenvalue weighted by molar-refractivity contribution is -0.111. The van der Waals surface area contributed by atoms with Crippen LogP contribution in [-0.4, -0.2) is 47.3 Å². The number of rotatable bonds is 37. The minimum Gasteiger partial charge on any atom is -0.309 e. The fourth-order valence-corrected chi connectivity index (χ4v) is 8.12. The Balaban J connectivity index is 3.86. The first-order valence-corrected chi connectivity index (χ1v) is 22.4. The van der Waals surface area contributed by atoms with Gasteiger partial charge in [-0.15, -0.1) is 0 Å². The molecule has 0 aliphatic carbocycles. The maximum Gasteiger partial charge on any atom is 0.188 e. The van der Waals surface area contributed by atoms with Crippen LogP contribution in [0, 0.1) is 5.92 Å². The third-order valence-corrected chi connectivity index (χ3v) is 11.5. The van der Waals surface area contributed by atoms with Gasteiger partial charge < -0.3 is 4.90 Å². The first-order valence-electron chi connectivity index (χ1n) is 20.5. The number of carbonyl (C=O) groups is 2. The lowest BCUT2D eigenvalue weighted by Gasteiger charge is -2.18. The van der Waals surface area contributed by atoms with E-state index in [1.54, 1.807) is 23.5 Å². The summed E-state index contributed by atoms with van der Waals surface area (Å²) in [5, 5.41) is 0.848. The Morgan fingerprint density at radius 1 is 0.435 bits per heavy atom. The Morgan fingerprint density at radius 3 is 1.15 bits per heavy atom. The van der Waals surface area contributed by atoms with Crippen LogP contribution < -0.4 is 0 Å². The lowest BCUT2D eigenvalue weighted by Crippen LogP contribution is -2.13. The van der Waals surface area contributed by atoms with Crippen molar-refractivity contribution in [3.8, 4) is 0 Å². The molecule has 0 aliphatic heterocycles. The van der Waals surface area contributed by atoms with E-state index in [0.717, 1.165) is 43.1 Å². The van der Waals surface area contributed by atoms with Gasteiger partial charge in [-0.05, 0) is 58.7 Å². The molecule has 0 N–H and O–H groups in total. The Hall–Kier alpha value is -0.0000000000000000763. The number of hydrogen-bond acceptors (Lipinski definition) is 5. The number of carbonyl (C=O) groups excluding carboxylic acids is 2. The van der Waals surface area contributed by atoms with Gasteiger partial charge in [0.2, 0.25) is 0 Å². The molecular formula is C41H81NO2S2. The molecule has 0 unspecified atom stereocenters. The third kappa shape index (κ3) is 36.8.